The molecule has 1 N–H and O–H groups in total. The molecule has 192 valence electrons. The van der Waals surface area contributed by atoms with Crippen LogP contribution in [0.3, 0.4) is 0 Å². The van der Waals surface area contributed by atoms with Crippen molar-refractivity contribution in [2.45, 2.75) is 33.4 Å². The second-order valence-electron chi connectivity index (χ2n) is 8.66. The second-order valence-corrected chi connectivity index (χ2v) is 10.6. The number of carbonyl (C=O) groups excluding carboxylic acids is 2. The van der Waals surface area contributed by atoms with Crippen molar-refractivity contribution in [3.63, 3.8) is 0 Å². The quantitative estimate of drug-likeness (QED) is 0.476. The molecular formula is C25H35N3O6S. The van der Waals surface area contributed by atoms with Crippen molar-refractivity contribution in [3.8, 4) is 11.5 Å². The lowest BCUT2D eigenvalue weighted by atomic mass is 10.1. The smallest absolute Gasteiger partial charge is 0.244 e. The number of hydrogen-bond acceptors (Lipinski definition) is 6. The van der Waals surface area contributed by atoms with Crippen molar-refractivity contribution in [3.05, 3.63) is 54.1 Å². The molecule has 0 saturated heterocycles. The zero-order chi connectivity index (χ0) is 26.2. The topological polar surface area (TPSA) is 105 Å². The van der Waals surface area contributed by atoms with Gasteiger partial charge in [0.2, 0.25) is 21.8 Å². The van der Waals surface area contributed by atoms with Gasteiger partial charge in [-0.3, -0.25) is 13.9 Å². The fourth-order valence-corrected chi connectivity index (χ4v) is 4.18. The van der Waals surface area contributed by atoms with Gasteiger partial charge in [0, 0.05) is 19.2 Å². The average molecular weight is 506 g/mol. The number of amides is 2. The number of benzene rings is 2. The third kappa shape index (κ3) is 8.17. The molecule has 0 aliphatic heterocycles. The summed E-state index contributed by atoms with van der Waals surface area (Å²) >= 11 is 0. The molecule has 0 aliphatic carbocycles. The van der Waals surface area contributed by atoms with Crippen LogP contribution in [0.2, 0.25) is 0 Å². The SMILES string of the molecule is COc1ccc(CN(C(=O)CN(c2cccc(OC)c2)S(C)(=O)=O)[C@H](C)C(=O)NCC(C)C)cc1. The van der Waals surface area contributed by atoms with Crippen molar-refractivity contribution < 1.29 is 27.5 Å². The fraction of sp³-hybridized carbons (Fsp3) is 0.440. The molecule has 0 aliphatic rings. The Hall–Kier alpha value is -3.27. The van der Waals surface area contributed by atoms with Crippen molar-refractivity contribution >= 4 is 27.5 Å². The molecule has 9 nitrogen and oxygen atoms in total. The van der Waals surface area contributed by atoms with E-state index in [-0.39, 0.29) is 18.4 Å². The number of nitrogens with one attached hydrogen (secondary N) is 1. The molecule has 0 unspecified atom stereocenters. The standard InChI is InChI=1S/C25H35N3O6S/c1-18(2)15-26-25(30)19(3)27(16-20-10-12-22(33-4)13-11-20)24(29)17-28(35(6,31)32)21-8-7-9-23(14-21)34-5/h7-14,18-19H,15-17H2,1-6H3,(H,26,30)/t19-/m1/s1. The molecule has 0 heterocycles. The molecular weight excluding hydrogens is 470 g/mol. The molecule has 0 spiro atoms. The molecule has 2 aromatic rings. The Balaban J connectivity index is 2.37. The van der Waals surface area contributed by atoms with Gasteiger partial charge in [0.15, 0.2) is 0 Å². The summed E-state index contributed by atoms with van der Waals surface area (Å²) in [5, 5.41) is 2.85. The Morgan fingerprint density at radius 2 is 1.60 bits per heavy atom. The van der Waals surface area contributed by atoms with Crippen molar-refractivity contribution in [2.75, 3.05) is 37.9 Å². The number of rotatable bonds is 12. The van der Waals surface area contributed by atoms with Gasteiger partial charge in [0.1, 0.15) is 24.1 Å². The third-order valence-electron chi connectivity index (χ3n) is 5.38. The van der Waals surface area contributed by atoms with Crippen LogP contribution in [-0.4, -0.2) is 64.7 Å². The summed E-state index contributed by atoms with van der Waals surface area (Å²) in [6.45, 7) is 5.70. The van der Waals surface area contributed by atoms with Gasteiger partial charge in [0.25, 0.3) is 0 Å². The van der Waals surface area contributed by atoms with E-state index in [9.17, 15) is 18.0 Å². The maximum Gasteiger partial charge on any atom is 0.244 e. The Kier molecular flexibility index (Phi) is 9.94. The largest absolute Gasteiger partial charge is 0.497 e. The van der Waals surface area contributed by atoms with Gasteiger partial charge in [-0.25, -0.2) is 8.42 Å². The van der Waals surface area contributed by atoms with E-state index in [0.717, 1.165) is 16.1 Å². The molecule has 1 atom stereocenters. The van der Waals surface area contributed by atoms with Gasteiger partial charge in [-0.05, 0) is 42.7 Å². The predicted octanol–water partition coefficient (Wildman–Crippen LogP) is 2.66. The van der Waals surface area contributed by atoms with Crippen LogP contribution < -0.4 is 19.1 Å². The van der Waals surface area contributed by atoms with Crippen LogP contribution in [0.25, 0.3) is 0 Å². The average Bonchev–Trinajstić information content (AvgIpc) is 2.83. The van der Waals surface area contributed by atoms with Crippen LogP contribution in [0.5, 0.6) is 11.5 Å². The Bertz CT molecular complexity index is 1100. The van der Waals surface area contributed by atoms with Crippen LogP contribution in [-0.2, 0) is 26.2 Å². The van der Waals surface area contributed by atoms with E-state index >= 15 is 0 Å². The first-order valence-electron chi connectivity index (χ1n) is 11.3. The summed E-state index contributed by atoms with van der Waals surface area (Å²) in [6, 6.07) is 12.8. The molecule has 0 bridgehead atoms. The number of methoxy groups -OCH3 is 2. The maximum absolute atomic E-state index is 13.5. The summed E-state index contributed by atoms with van der Waals surface area (Å²) in [5.41, 5.74) is 1.07. The predicted molar refractivity (Wildman–Crippen MR) is 136 cm³/mol. The normalized spacial score (nSPS) is 12.1. The minimum Gasteiger partial charge on any atom is -0.497 e. The van der Waals surface area contributed by atoms with E-state index in [1.807, 2.05) is 13.8 Å². The number of hydrogen-bond donors (Lipinski definition) is 1. The highest BCUT2D eigenvalue weighted by molar-refractivity contribution is 7.92. The minimum atomic E-state index is -3.81. The first-order valence-corrected chi connectivity index (χ1v) is 13.1. The number of ether oxygens (including phenoxy) is 2. The van der Waals surface area contributed by atoms with E-state index in [4.69, 9.17) is 9.47 Å². The maximum atomic E-state index is 13.5. The summed E-state index contributed by atoms with van der Waals surface area (Å²) in [6.07, 6.45) is 1.03. The lowest BCUT2D eigenvalue weighted by Gasteiger charge is -2.31. The monoisotopic (exact) mass is 505 g/mol. The molecule has 0 radical (unpaired) electrons. The Labute approximate surface area is 208 Å². The lowest BCUT2D eigenvalue weighted by Crippen LogP contribution is -2.51. The molecule has 2 aromatic carbocycles. The molecule has 35 heavy (non-hydrogen) atoms. The van der Waals surface area contributed by atoms with E-state index in [0.29, 0.717) is 23.7 Å². The van der Waals surface area contributed by atoms with Crippen molar-refractivity contribution in [1.29, 1.82) is 0 Å². The van der Waals surface area contributed by atoms with Crippen LogP contribution >= 0.6 is 0 Å². The first-order chi connectivity index (χ1) is 16.5. The fourth-order valence-electron chi connectivity index (χ4n) is 3.34. The molecule has 2 amide bonds. The third-order valence-corrected chi connectivity index (χ3v) is 6.52. The van der Waals surface area contributed by atoms with Crippen LogP contribution in [0.4, 0.5) is 5.69 Å². The summed E-state index contributed by atoms with van der Waals surface area (Å²) in [7, 11) is -0.772. The van der Waals surface area contributed by atoms with Gasteiger partial charge in [-0.1, -0.05) is 32.0 Å². The molecule has 2 rings (SSSR count). The van der Waals surface area contributed by atoms with Gasteiger partial charge in [-0.15, -0.1) is 0 Å². The second kappa shape index (κ2) is 12.4. The number of anilines is 1. The summed E-state index contributed by atoms with van der Waals surface area (Å²) in [5.74, 6) is 0.538. The van der Waals surface area contributed by atoms with Gasteiger partial charge < -0.3 is 19.7 Å². The van der Waals surface area contributed by atoms with Crippen LogP contribution in [0, 0.1) is 5.92 Å². The summed E-state index contributed by atoms with van der Waals surface area (Å²) < 4.78 is 36.6. The lowest BCUT2D eigenvalue weighted by molar-refractivity contribution is -0.139. The van der Waals surface area contributed by atoms with Crippen LogP contribution in [0.15, 0.2) is 48.5 Å². The molecule has 0 fully saturated rings. The Morgan fingerprint density at radius 1 is 0.971 bits per heavy atom. The van der Waals surface area contributed by atoms with E-state index in [1.54, 1.807) is 62.6 Å². The highest BCUT2D eigenvalue weighted by Crippen LogP contribution is 2.24. The van der Waals surface area contributed by atoms with Gasteiger partial charge in [0.05, 0.1) is 26.2 Å². The van der Waals surface area contributed by atoms with Gasteiger partial charge >= 0.3 is 0 Å². The van der Waals surface area contributed by atoms with Gasteiger partial charge in [-0.2, -0.15) is 0 Å². The Morgan fingerprint density at radius 3 is 2.14 bits per heavy atom. The molecule has 0 saturated carbocycles. The zero-order valence-electron chi connectivity index (χ0n) is 21.1. The summed E-state index contributed by atoms with van der Waals surface area (Å²) in [4.78, 5) is 27.8. The van der Waals surface area contributed by atoms with Crippen molar-refractivity contribution in [2.24, 2.45) is 5.92 Å². The first kappa shape index (κ1) is 28.0. The minimum absolute atomic E-state index is 0.120. The number of nitrogens with zero attached hydrogens (tertiary/aromatic N) is 2. The van der Waals surface area contributed by atoms with Crippen LogP contribution in [0.1, 0.15) is 26.3 Å². The molecule has 0 aromatic heterocycles. The number of carbonyl (C=O) groups is 2. The van der Waals surface area contributed by atoms with E-state index in [1.165, 1.54) is 12.0 Å². The van der Waals surface area contributed by atoms with E-state index < -0.39 is 28.5 Å². The van der Waals surface area contributed by atoms with E-state index in [2.05, 4.69) is 5.32 Å². The highest BCUT2D eigenvalue weighted by atomic mass is 32.2. The molecule has 10 heteroatoms. The number of sulfonamides is 1. The zero-order valence-corrected chi connectivity index (χ0v) is 22.0. The highest BCUT2D eigenvalue weighted by Gasteiger charge is 2.30. The van der Waals surface area contributed by atoms with Crippen molar-refractivity contribution in [1.82, 2.24) is 10.2 Å².